The predicted molar refractivity (Wildman–Crippen MR) is 98.3 cm³/mol. The summed E-state index contributed by atoms with van der Waals surface area (Å²) in [7, 11) is -3.66. The summed E-state index contributed by atoms with van der Waals surface area (Å²) in [6.45, 7) is 1.73. The summed E-state index contributed by atoms with van der Waals surface area (Å²) in [5.74, 6) is -0.0959. The third kappa shape index (κ3) is 4.70. The van der Waals surface area contributed by atoms with Crippen molar-refractivity contribution < 1.29 is 13.2 Å². The number of rotatable bonds is 6. The molecule has 140 valence electrons. The number of benzene rings is 1. The molecule has 1 aliphatic heterocycles. The molecule has 1 amide bonds. The Kier molecular flexibility index (Phi) is 6.05. The second kappa shape index (κ2) is 8.46. The molecule has 1 fully saturated rings. The van der Waals surface area contributed by atoms with Crippen LogP contribution in [0.5, 0.6) is 0 Å². The molecule has 0 spiro atoms. The van der Waals surface area contributed by atoms with Crippen LogP contribution in [0.15, 0.2) is 41.7 Å². The first-order valence-electron chi connectivity index (χ1n) is 8.92. The number of aromatic amines is 1. The summed E-state index contributed by atoms with van der Waals surface area (Å²) in [6.07, 6.45) is 8.01. The van der Waals surface area contributed by atoms with Crippen molar-refractivity contribution in [1.29, 1.82) is 0 Å². The van der Waals surface area contributed by atoms with E-state index < -0.39 is 10.0 Å². The van der Waals surface area contributed by atoms with Gasteiger partial charge in [-0.3, -0.25) is 4.79 Å². The highest BCUT2D eigenvalue weighted by atomic mass is 32.2. The Hall–Kier alpha value is -2.19. The molecule has 0 atom stereocenters. The highest BCUT2D eigenvalue weighted by Crippen LogP contribution is 2.16. The molecule has 2 heterocycles. The maximum Gasteiger partial charge on any atom is 0.253 e. The lowest BCUT2D eigenvalue weighted by atomic mass is 10.2. The molecule has 0 unspecified atom stereocenters. The van der Waals surface area contributed by atoms with Gasteiger partial charge in [-0.05, 0) is 31.0 Å². The second-order valence-corrected chi connectivity index (χ2v) is 8.23. The van der Waals surface area contributed by atoms with E-state index in [4.69, 9.17) is 0 Å². The lowest BCUT2D eigenvalue weighted by molar-refractivity contribution is 0.0761. The Balaban J connectivity index is 1.67. The smallest absolute Gasteiger partial charge is 0.253 e. The largest absolute Gasteiger partial charge is 0.348 e. The van der Waals surface area contributed by atoms with Crippen molar-refractivity contribution in [1.82, 2.24) is 19.6 Å². The molecule has 8 heteroatoms. The second-order valence-electron chi connectivity index (χ2n) is 6.46. The fourth-order valence-corrected chi connectivity index (χ4v) is 4.15. The quantitative estimate of drug-likeness (QED) is 0.805. The average Bonchev–Trinajstić information content (AvgIpc) is 3.01. The van der Waals surface area contributed by atoms with Gasteiger partial charge >= 0.3 is 0 Å². The first kappa shape index (κ1) is 18.6. The van der Waals surface area contributed by atoms with Gasteiger partial charge in [0, 0.05) is 43.5 Å². The molecular weight excluding hydrogens is 352 g/mol. The van der Waals surface area contributed by atoms with Crippen LogP contribution >= 0.6 is 0 Å². The molecule has 0 radical (unpaired) electrons. The molecule has 2 N–H and O–H groups in total. The van der Waals surface area contributed by atoms with E-state index in [9.17, 15) is 13.2 Å². The average molecular weight is 376 g/mol. The zero-order valence-electron chi connectivity index (χ0n) is 14.6. The summed E-state index contributed by atoms with van der Waals surface area (Å²) in [5.41, 5.74) is 1.28. The number of hydrogen-bond acceptors (Lipinski definition) is 4. The first-order chi connectivity index (χ1) is 12.6. The summed E-state index contributed by atoms with van der Waals surface area (Å²) in [5, 5.41) is 0. The Morgan fingerprint density at radius 1 is 1.19 bits per heavy atom. The van der Waals surface area contributed by atoms with Crippen molar-refractivity contribution in [2.75, 3.05) is 19.6 Å². The Morgan fingerprint density at radius 2 is 1.96 bits per heavy atom. The van der Waals surface area contributed by atoms with Crippen LogP contribution in [0.25, 0.3) is 0 Å². The van der Waals surface area contributed by atoms with Gasteiger partial charge in [0.1, 0.15) is 0 Å². The lowest BCUT2D eigenvalue weighted by Gasteiger charge is -2.20. The molecule has 0 aliphatic carbocycles. The minimum atomic E-state index is -3.66. The van der Waals surface area contributed by atoms with Gasteiger partial charge in [-0.15, -0.1) is 0 Å². The van der Waals surface area contributed by atoms with Crippen molar-refractivity contribution >= 4 is 15.9 Å². The molecule has 0 bridgehead atoms. The van der Waals surface area contributed by atoms with Crippen LogP contribution in [0.1, 0.15) is 41.7 Å². The molecule has 1 aliphatic rings. The van der Waals surface area contributed by atoms with Gasteiger partial charge in [0.05, 0.1) is 11.2 Å². The van der Waals surface area contributed by atoms with E-state index in [-0.39, 0.29) is 17.3 Å². The number of aromatic nitrogens is 2. The van der Waals surface area contributed by atoms with E-state index in [1.807, 2.05) is 4.90 Å². The molecule has 2 aromatic rings. The molecule has 26 heavy (non-hydrogen) atoms. The summed E-state index contributed by atoms with van der Waals surface area (Å²) in [6, 6.07) is 6.27. The summed E-state index contributed by atoms with van der Waals surface area (Å²) >= 11 is 0. The molecule has 1 aromatic heterocycles. The van der Waals surface area contributed by atoms with Crippen LogP contribution in [0.4, 0.5) is 0 Å². The molecule has 1 saturated heterocycles. The minimum absolute atomic E-state index is 0.0959. The van der Waals surface area contributed by atoms with Gasteiger partial charge in [0.25, 0.3) is 5.91 Å². The third-order valence-corrected chi connectivity index (χ3v) is 5.98. The van der Waals surface area contributed by atoms with E-state index in [2.05, 4.69) is 14.7 Å². The number of nitrogens with zero attached hydrogens (tertiary/aromatic N) is 2. The molecular formula is C18H24N4O3S. The first-order valence-corrected chi connectivity index (χ1v) is 10.4. The summed E-state index contributed by atoms with van der Waals surface area (Å²) < 4.78 is 27.6. The third-order valence-electron chi connectivity index (χ3n) is 4.53. The maximum atomic E-state index is 12.7. The number of carbonyl (C=O) groups is 1. The van der Waals surface area contributed by atoms with Gasteiger partial charge in [0.2, 0.25) is 10.0 Å². The number of nitrogens with one attached hydrogen (secondary N) is 2. The van der Waals surface area contributed by atoms with Crippen molar-refractivity contribution in [3.8, 4) is 0 Å². The van der Waals surface area contributed by atoms with E-state index in [1.165, 1.54) is 12.1 Å². The van der Waals surface area contributed by atoms with Crippen molar-refractivity contribution in [2.24, 2.45) is 0 Å². The van der Waals surface area contributed by atoms with E-state index in [0.29, 0.717) is 12.0 Å². The molecule has 1 aromatic carbocycles. The van der Waals surface area contributed by atoms with Crippen LogP contribution in [-0.4, -0.2) is 48.8 Å². The van der Waals surface area contributed by atoms with Crippen LogP contribution in [0.3, 0.4) is 0 Å². The SMILES string of the molecule is O=C(c1cccc(S(=O)(=O)NCCc2cnc[nH]2)c1)N1CCCCCC1. The fourth-order valence-electron chi connectivity index (χ4n) is 3.08. The normalized spacial score (nSPS) is 15.6. The fraction of sp³-hybridized carbons (Fsp3) is 0.444. The number of carbonyl (C=O) groups excluding carboxylic acids is 1. The highest BCUT2D eigenvalue weighted by molar-refractivity contribution is 7.89. The number of amides is 1. The standard InChI is InChI=1S/C18H24N4O3S/c23-18(22-10-3-1-2-4-11-22)15-6-5-7-17(12-15)26(24,25)21-9-8-16-13-19-14-20-16/h5-7,12-14,21H,1-4,8-11H2,(H,19,20). The highest BCUT2D eigenvalue weighted by Gasteiger charge is 2.20. The van der Waals surface area contributed by atoms with E-state index in [1.54, 1.807) is 24.7 Å². The van der Waals surface area contributed by atoms with Gasteiger partial charge in [-0.2, -0.15) is 0 Å². The predicted octanol–water partition coefficient (Wildman–Crippen LogP) is 1.95. The summed E-state index contributed by atoms with van der Waals surface area (Å²) in [4.78, 5) is 21.5. The minimum Gasteiger partial charge on any atom is -0.348 e. The number of imidazole rings is 1. The zero-order chi connectivity index (χ0) is 18.4. The van der Waals surface area contributed by atoms with Crippen LogP contribution in [0, 0.1) is 0 Å². The molecule has 7 nitrogen and oxygen atoms in total. The monoisotopic (exact) mass is 376 g/mol. The van der Waals surface area contributed by atoms with Gasteiger partial charge < -0.3 is 9.88 Å². The molecule has 0 saturated carbocycles. The molecule has 3 rings (SSSR count). The van der Waals surface area contributed by atoms with Crippen molar-refractivity contribution in [2.45, 2.75) is 37.0 Å². The van der Waals surface area contributed by atoms with Gasteiger partial charge in [-0.25, -0.2) is 18.1 Å². The van der Waals surface area contributed by atoms with Gasteiger partial charge in [0.15, 0.2) is 0 Å². The van der Waals surface area contributed by atoms with Gasteiger partial charge in [-0.1, -0.05) is 18.9 Å². The van der Waals surface area contributed by atoms with Crippen LogP contribution in [0.2, 0.25) is 0 Å². The van der Waals surface area contributed by atoms with Crippen molar-refractivity contribution in [3.05, 3.63) is 48.0 Å². The topological polar surface area (TPSA) is 95.2 Å². The zero-order valence-corrected chi connectivity index (χ0v) is 15.5. The number of sulfonamides is 1. The number of H-pyrrole nitrogens is 1. The van der Waals surface area contributed by atoms with Crippen LogP contribution in [-0.2, 0) is 16.4 Å². The number of hydrogen-bond donors (Lipinski definition) is 2. The number of likely N-dealkylation sites (tertiary alicyclic amines) is 1. The Bertz CT molecular complexity index is 826. The van der Waals surface area contributed by atoms with Crippen molar-refractivity contribution in [3.63, 3.8) is 0 Å². The Labute approximate surface area is 153 Å². The van der Waals surface area contributed by atoms with E-state index >= 15 is 0 Å². The maximum absolute atomic E-state index is 12.7. The van der Waals surface area contributed by atoms with E-state index in [0.717, 1.165) is 44.5 Å². The lowest BCUT2D eigenvalue weighted by Crippen LogP contribution is -2.32. The Morgan fingerprint density at radius 3 is 2.65 bits per heavy atom. The van der Waals surface area contributed by atoms with Crippen LogP contribution < -0.4 is 4.72 Å².